The van der Waals surface area contributed by atoms with Gasteiger partial charge in [-0.1, -0.05) is 48.5 Å². The molecule has 1 aliphatic carbocycles. The number of fused-ring (bicyclic) bond motifs is 3. The lowest BCUT2D eigenvalue weighted by Crippen LogP contribution is -2.21. The lowest BCUT2D eigenvalue weighted by Gasteiger charge is -2.15. The summed E-state index contributed by atoms with van der Waals surface area (Å²) in [4.78, 5) is 24.2. The maximum atomic E-state index is 13.5. The van der Waals surface area contributed by atoms with Crippen molar-refractivity contribution in [2.45, 2.75) is 32.0 Å². The van der Waals surface area contributed by atoms with Crippen LogP contribution >= 0.6 is 0 Å². The van der Waals surface area contributed by atoms with E-state index in [2.05, 4.69) is 5.10 Å². The van der Waals surface area contributed by atoms with Crippen LogP contribution in [0.5, 0.6) is 0 Å². The Hall–Kier alpha value is -3.82. The van der Waals surface area contributed by atoms with Gasteiger partial charge < -0.3 is 9.84 Å². The van der Waals surface area contributed by atoms with Gasteiger partial charge in [0, 0.05) is 12.0 Å². The number of ether oxygens (including phenoxy) is 1. The lowest BCUT2D eigenvalue weighted by molar-refractivity contribution is -0.140. The van der Waals surface area contributed by atoms with Crippen LogP contribution in [-0.4, -0.2) is 33.6 Å². The van der Waals surface area contributed by atoms with Crippen molar-refractivity contribution >= 4 is 17.7 Å². The summed E-state index contributed by atoms with van der Waals surface area (Å²) in [5, 5.41) is 14.8. The van der Waals surface area contributed by atoms with Gasteiger partial charge in [-0.25, -0.2) is 9.59 Å². The number of amides is 1. The third kappa shape index (κ3) is 4.04. The van der Waals surface area contributed by atoms with E-state index >= 15 is 0 Å². The Labute approximate surface area is 186 Å². The molecule has 1 amide bonds. The Morgan fingerprint density at radius 3 is 2.12 bits per heavy atom. The number of carboxylic acid groups (broad SMARTS) is 1. The minimum atomic E-state index is -4.98. The Kier molecular flexibility index (Phi) is 5.61. The van der Waals surface area contributed by atoms with E-state index in [0.29, 0.717) is 4.68 Å². The number of alkyl halides is 3. The zero-order chi connectivity index (χ0) is 23.9. The van der Waals surface area contributed by atoms with Gasteiger partial charge in [-0.2, -0.15) is 18.3 Å². The summed E-state index contributed by atoms with van der Waals surface area (Å²) in [6.07, 6.45) is -6.18. The lowest BCUT2D eigenvalue weighted by atomic mass is 9.98. The number of aromatic nitrogens is 2. The van der Waals surface area contributed by atoms with Crippen molar-refractivity contribution in [2.75, 3.05) is 11.9 Å². The standard InChI is InChI=1S/C23H20F3N3O4/c1-12(2)29-19(21(30)31)18(20(28-29)23(24,25)26)27-22(32)33-11-17-15-9-5-3-7-13(15)14-8-4-6-10-16(14)17/h3-10,12,17H,11H2,1-2H3,(H,27,32)(H,30,31). The third-order valence-electron chi connectivity index (χ3n) is 5.44. The van der Waals surface area contributed by atoms with Crippen molar-refractivity contribution in [2.24, 2.45) is 0 Å². The fourth-order valence-electron chi connectivity index (χ4n) is 4.07. The van der Waals surface area contributed by atoms with Crippen molar-refractivity contribution in [3.8, 4) is 11.1 Å². The van der Waals surface area contributed by atoms with E-state index in [1.54, 1.807) is 0 Å². The number of anilines is 1. The van der Waals surface area contributed by atoms with E-state index in [1.165, 1.54) is 13.8 Å². The van der Waals surface area contributed by atoms with Crippen LogP contribution in [0.15, 0.2) is 48.5 Å². The number of benzene rings is 2. The second kappa shape index (κ2) is 8.27. The minimum absolute atomic E-state index is 0.137. The van der Waals surface area contributed by atoms with Gasteiger partial charge in [-0.15, -0.1) is 0 Å². The SMILES string of the molecule is CC(C)n1nc(C(F)(F)F)c(NC(=O)OCC2c3ccccc3-c3ccccc32)c1C(=O)O. The van der Waals surface area contributed by atoms with E-state index in [9.17, 15) is 27.9 Å². The maximum absolute atomic E-state index is 13.5. The molecule has 172 valence electrons. The summed E-state index contributed by atoms with van der Waals surface area (Å²) in [6.45, 7) is 2.83. The molecule has 0 atom stereocenters. The first kappa shape index (κ1) is 22.4. The molecule has 3 aromatic rings. The zero-order valence-corrected chi connectivity index (χ0v) is 17.7. The number of nitrogens with one attached hydrogen (secondary N) is 1. The van der Waals surface area contributed by atoms with Crippen molar-refractivity contribution in [3.63, 3.8) is 0 Å². The first-order valence-electron chi connectivity index (χ1n) is 10.1. The monoisotopic (exact) mass is 459 g/mol. The summed E-state index contributed by atoms with van der Waals surface area (Å²) in [7, 11) is 0. The minimum Gasteiger partial charge on any atom is -0.476 e. The van der Waals surface area contributed by atoms with Gasteiger partial charge in [-0.3, -0.25) is 10.00 Å². The fraction of sp³-hybridized carbons (Fsp3) is 0.261. The summed E-state index contributed by atoms with van der Waals surface area (Å²) in [6, 6.07) is 14.5. The normalized spacial score (nSPS) is 13.0. The Morgan fingerprint density at radius 2 is 1.64 bits per heavy atom. The molecule has 0 fully saturated rings. The quantitative estimate of drug-likeness (QED) is 0.522. The summed E-state index contributed by atoms with van der Waals surface area (Å²) >= 11 is 0. The van der Waals surface area contributed by atoms with E-state index in [0.717, 1.165) is 22.3 Å². The van der Waals surface area contributed by atoms with Gasteiger partial charge in [0.2, 0.25) is 0 Å². The van der Waals surface area contributed by atoms with E-state index in [1.807, 2.05) is 53.8 Å². The van der Waals surface area contributed by atoms with Crippen molar-refractivity contribution < 1.29 is 32.6 Å². The predicted molar refractivity (Wildman–Crippen MR) is 113 cm³/mol. The number of aromatic carboxylic acids is 1. The number of rotatable bonds is 5. The topological polar surface area (TPSA) is 93.5 Å². The molecule has 0 saturated carbocycles. The second-order valence-corrected chi connectivity index (χ2v) is 7.86. The van der Waals surface area contributed by atoms with E-state index in [4.69, 9.17) is 4.74 Å². The average molecular weight is 459 g/mol. The fourth-order valence-corrected chi connectivity index (χ4v) is 4.07. The zero-order valence-electron chi connectivity index (χ0n) is 17.7. The highest BCUT2D eigenvalue weighted by atomic mass is 19.4. The number of hydrogen-bond acceptors (Lipinski definition) is 4. The molecule has 7 nitrogen and oxygen atoms in total. The van der Waals surface area contributed by atoms with Gasteiger partial charge in [0.1, 0.15) is 12.3 Å². The Balaban J connectivity index is 1.60. The van der Waals surface area contributed by atoms with Crippen LogP contribution in [0.3, 0.4) is 0 Å². The first-order chi connectivity index (χ1) is 15.6. The maximum Gasteiger partial charge on any atom is 0.437 e. The smallest absolute Gasteiger partial charge is 0.437 e. The van der Waals surface area contributed by atoms with Gasteiger partial charge in [-0.05, 0) is 36.1 Å². The highest BCUT2D eigenvalue weighted by Gasteiger charge is 2.42. The molecule has 0 saturated heterocycles. The van der Waals surface area contributed by atoms with Crippen molar-refractivity contribution in [1.82, 2.24) is 9.78 Å². The number of carbonyl (C=O) groups is 2. The van der Waals surface area contributed by atoms with E-state index in [-0.39, 0.29) is 12.5 Å². The van der Waals surface area contributed by atoms with Crippen LogP contribution in [0.25, 0.3) is 11.1 Å². The molecule has 0 aliphatic heterocycles. The summed E-state index contributed by atoms with van der Waals surface area (Å²) in [5.41, 5.74) is 0.636. The van der Waals surface area contributed by atoms with Gasteiger partial charge in [0.05, 0.1) is 0 Å². The number of nitrogens with zero attached hydrogens (tertiary/aromatic N) is 2. The Morgan fingerprint density at radius 1 is 1.09 bits per heavy atom. The van der Waals surface area contributed by atoms with Gasteiger partial charge in [0.15, 0.2) is 11.4 Å². The molecular formula is C23H20F3N3O4. The van der Waals surface area contributed by atoms with Crippen LogP contribution in [0, 0.1) is 0 Å². The molecular weight excluding hydrogens is 439 g/mol. The molecule has 0 radical (unpaired) electrons. The average Bonchev–Trinajstić information content (AvgIpc) is 3.29. The molecule has 0 bridgehead atoms. The molecule has 33 heavy (non-hydrogen) atoms. The molecule has 1 aliphatic rings. The Bertz CT molecular complexity index is 1190. The number of halogens is 3. The van der Waals surface area contributed by atoms with Crippen LogP contribution < -0.4 is 5.32 Å². The first-order valence-corrected chi connectivity index (χ1v) is 10.1. The van der Waals surface area contributed by atoms with Crippen LogP contribution in [0.1, 0.15) is 53.1 Å². The number of carboxylic acids is 1. The second-order valence-electron chi connectivity index (χ2n) is 7.86. The highest BCUT2D eigenvalue weighted by Crippen LogP contribution is 2.44. The molecule has 4 rings (SSSR count). The molecule has 2 N–H and O–H groups in total. The largest absolute Gasteiger partial charge is 0.476 e. The van der Waals surface area contributed by atoms with Gasteiger partial charge >= 0.3 is 18.2 Å². The van der Waals surface area contributed by atoms with Crippen LogP contribution in [0.2, 0.25) is 0 Å². The molecule has 10 heteroatoms. The van der Waals surface area contributed by atoms with Crippen LogP contribution in [0.4, 0.5) is 23.7 Å². The van der Waals surface area contributed by atoms with Crippen molar-refractivity contribution in [1.29, 1.82) is 0 Å². The highest BCUT2D eigenvalue weighted by molar-refractivity contribution is 5.98. The van der Waals surface area contributed by atoms with Crippen LogP contribution in [-0.2, 0) is 10.9 Å². The van der Waals surface area contributed by atoms with Gasteiger partial charge in [0.25, 0.3) is 0 Å². The summed E-state index contributed by atoms with van der Waals surface area (Å²) in [5.74, 6) is -1.96. The third-order valence-corrected chi connectivity index (χ3v) is 5.44. The number of hydrogen-bond donors (Lipinski definition) is 2. The molecule has 0 spiro atoms. The predicted octanol–water partition coefficient (Wildman–Crippen LogP) is 5.54. The molecule has 0 unspecified atom stereocenters. The van der Waals surface area contributed by atoms with E-state index < -0.39 is 41.4 Å². The molecule has 2 aromatic carbocycles. The molecule has 1 aromatic heterocycles. The summed E-state index contributed by atoms with van der Waals surface area (Å²) < 4.78 is 46.5. The van der Waals surface area contributed by atoms with Crippen molar-refractivity contribution in [3.05, 3.63) is 71.0 Å². The molecule has 1 heterocycles. The number of carbonyl (C=O) groups excluding carboxylic acids is 1.